The van der Waals surface area contributed by atoms with Gasteiger partial charge in [-0.1, -0.05) is 17.7 Å². The molecule has 1 amide bonds. The van der Waals surface area contributed by atoms with Gasteiger partial charge in [-0.3, -0.25) is 9.59 Å². The molecular weight excluding hydrogens is 366 g/mol. The van der Waals surface area contributed by atoms with E-state index < -0.39 is 0 Å². The number of amides is 1. The molecule has 0 radical (unpaired) electrons. The van der Waals surface area contributed by atoms with E-state index in [1.165, 1.54) is 6.20 Å². The number of aryl methyl sites for hydroxylation is 2. The lowest BCUT2D eigenvalue weighted by atomic mass is 9.96. The molecule has 0 unspecified atom stereocenters. The van der Waals surface area contributed by atoms with E-state index >= 15 is 0 Å². The lowest BCUT2D eigenvalue weighted by molar-refractivity contribution is -0.150. The van der Waals surface area contributed by atoms with E-state index in [4.69, 9.17) is 16.3 Å². The molecule has 1 saturated heterocycles. The number of piperidine rings is 1. The molecule has 1 heterocycles. The average Bonchev–Trinajstić information content (AvgIpc) is 2.64. The highest BCUT2D eigenvalue weighted by Crippen LogP contribution is 2.27. The molecule has 0 aromatic heterocycles. The first-order valence-electron chi connectivity index (χ1n) is 8.96. The number of carbonyl (C=O) groups excluding carboxylic acids is 2. The van der Waals surface area contributed by atoms with Crippen molar-refractivity contribution < 1.29 is 14.3 Å². The fourth-order valence-corrected chi connectivity index (χ4v) is 3.51. The molecular formula is C20H24ClN3O3. The highest BCUT2D eigenvalue weighted by atomic mass is 35.5. The normalized spacial score (nSPS) is 15.2. The van der Waals surface area contributed by atoms with E-state index in [0.29, 0.717) is 43.2 Å². The quantitative estimate of drug-likeness (QED) is 0.473. The molecule has 0 bridgehead atoms. The summed E-state index contributed by atoms with van der Waals surface area (Å²) in [5, 5.41) is 12.9. The molecule has 1 aromatic carbocycles. The van der Waals surface area contributed by atoms with Crippen LogP contribution in [0.2, 0.25) is 5.02 Å². The van der Waals surface area contributed by atoms with Crippen LogP contribution in [0.4, 0.5) is 5.69 Å². The van der Waals surface area contributed by atoms with E-state index in [2.05, 4.69) is 5.32 Å². The number of likely N-dealkylation sites (tertiary alicyclic amines) is 1. The Kier molecular flexibility index (Phi) is 7.26. The van der Waals surface area contributed by atoms with Gasteiger partial charge >= 0.3 is 5.97 Å². The molecule has 6 nitrogen and oxygen atoms in total. The number of hydrogen-bond donors (Lipinski definition) is 1. The minimum absolute atomic E-state index is 0.000580. The molecule has 1 fully saturated rings. The number of halogens is 1. The van der Waals surface area contributed by atoms with E-state index in [1.807, 2.05) is 32.0 Å². The largest absolute Gasteiger partial charge is 0.466 e. The Morgan fingerprint density at radius 1 is 1.37 bits per heavy atom. The first-order valence-corrected chi connectivity index (χ1v) is 9.34. The summed E-state index contributed by atoms with van der Waals surface area (Å²) in [7, 11) is 0. The van der Waals surface area contributed by atoms with Gasteiger partial charge in [0.15, 0.2) is 0 Å². The number of nitriles is 1. The molecule has 1 aliphatic rings. The molecule has 7 heteroatoms. The first-order chi connectivity index (χ1) is 12.9. The maximum atomic E-state index is 12.6. The second kappa shape index (κ2) is 9.43. The van der Waals surface area contributed by atoms with Crippen molar-refractivity contribution in [1.29, 1.82) is 5.26 Å². The summed E-state index contributed by atoms with van der Waals surface area (Å²) >= 11 is 6.25. The van der Waals surface area contributed by atoms with Crippen LogP contribution in [0.5, 0.6) is 0 Å². The van der Waals surface area contributed by atoms with Crippen molar-refractivity contribution in [2.75, 3.05) is 25.0 Å². The number of carbonyl (C=O) groups is 2. The van der Waals surface area contributed by atoms with Gasteiger partial charge in [0.25, 0.3) is 5.91 Å². The van der Waals surface area contributed by atoms with E-state index in [0.717, 1.165) is 11.1 Å². The lowest BCUT2D eigenvalue weighted by Gasteiger charge is -2.30. The van der Waals surface area contributed by atoms with E-state index in [1.54, 1.807) is 11.8 Å². The van der Waals surface area contributed by atoms with Gasteiger partial charge in [-0.25, -0.2) is 0 Å². The molecule has 144 valence electrons. The standard InChI is InChI=1S/C20H24ClN3O3/c1-4-27-20(26)15-5-7-24(8-6-15)19(25)16(11-22)12-23-18-14(3)9-13(2)10-17(18)21/h9-10,12,15,23H,4-8H2,1-3H3/b16-12-. The Hall–Kier alpha value is -2.52. The van der Waals surface area contributed by atoms with Crippen molar-refractivity contribution in [3.8, 4) is 6.07 Å². The monoisotopic (exact) mass is 389 g/mol. The lowest BCUT2D eigenvalue weighted by Crippen LogP contribution is -2.41. The van der Waals surface area contributed by atoms with E-state index in [-0.39, 0.29) is 23.4 Å². The van der Waals surface area contributed by atoms with Crippen molar-refractivity contribution in [3.05, 3.63) is 40.1 Å². The highest BCUT2D eigenvalue weighted by Gasteiger charge is 2.29. The SMILES string of the molecule is CCOC(=O)C1CCN(C(=O)/C(C#N)=C\Nc2c(C)cc(C)cc2Cl)CC1. The molecule has 0 saturated carbocycles. The zero-order chi connectivity index (χ0) is 20.0. The number of rotatable bonds is 5. The summed E-state index contributed by atoms with van der Waals surface area (Å²) in [5.74, 6) is -0.754. The second-order valence-corrected chi connectivity index (χ2v) is 6.98. The maximum Gasteiger partial charge on any atom is 0.309 e. The van der Waals surface area contributed by atoms with Gasteiger partial charge in [0.1, 0.15) is 11.6 Å². The summed E-state index contributed by atoms with van der Waals surface area (Å²) in [4.78, 5) is 26.0. The van der Waals surface area contributed by atoms with Crippen molar-refractivity contribution in [2.24, 2.45) is 5.92 Å². The minimum Gasteiger partial charge on any atom is -0.466 e. The van der Waals surface area contributed by atoms with Crippen LogP contribution >= 0.6 is 11.6 Å². The van der Waals surface area contributed by atoms with Crippen LogP contribution in [0, 0.1) is 31.1 Å². The number of benzene rings is 1. The molecule has 0 atom stereocenters. The Labute approximate surface area is 164 Å². The molecule has 1 aromatic rings. The fraction of sp³-hybridized carbons (Fsp3) is 0.450. The van der Waals surface area contributed by atoms with Gasteiger partial charge in [-0.2, -0.15) is 5.26 Å². The molecule has 0 spiro atoms. The van der Waals surface area contributed by atoms with Crippen LogP contribution < -0.4 is 5.32 Å². The van der Waals surface area contributed by atoms with Gasteiger partial charge in [0.05, 0.1) is 23.2 Å². The van der Waals surface area contributed by atoms with Crippen molar-refractivity contribution in [2.45, 2.75) is 33.6 Å². The number of hydrogen-bond acceptors (Lipinski definition) is 5. The van der Waals surface area contributed by atoms with Crippen LogP contribution in [0.1, 0.15) is 30.9 Å². The number of nitrogens with zero attached hydrogens (tertiary/aromatic N) is 2. The van der Waals surface area contributed by atoms with Crippen molar-refractivity contribution in [1.82, 2.24) is 4.90 Å². The third kappa shape index (κ3) is 5.24. The van der Waals surface area contributed by atoms with Gasteiger partial charge in [0.2, 0.25) is 0 Å². The maximum absolute atomic E-state index is 12.6. The Morgan fingerprint density at radius 2 is 2.04 bits per heavy atom. The number of ether oxygens (including phenoxy) is 1. The first kappa shape index (κ1) is 20.8. The Balaban J connectivity index is 2.04. The predicted molar refractivity (Wildman–Crippen MR) is 104 cm³/mol. The van der Waals surface area contributed by atoms with Gasteiger partial charge in [-0.15, -0.1) is 0 Å². The third-order valence-electron chi connectivity index (χ3n) is 4.55. The van der Waals surface area contributed by atoms with Gasteiger partial charge in [-0.05, 0) is 50.8 Å². The third-order valence-corrected chi connectivity index (χ3v) is 4.84. The Morgan fingerprint density at radius 3 is 2.59 bits per heavy atom. The van der Waals surface area contributed by atoms with Crippen molar-refractivity contribution >= 4 is 29.2 Å². The smallest absolute Gasteiger partial charge is 0.309 e. The van der Waals surface area contributed by atoms with Crippen LogP contribution in [0.25, 0.3) is 0 Å². The van der Waals surface area contributed by atoms with Crippen molar-refractivity contribution in [3.63, 3.8) is 0 Å². The second-order valence-electron chi connectivity index (χ2n) is 6.57. The molecule has 1 N–H and O–H groups in total. The number of anilines is 1. The van der Waals surface area contributed by atoms with Crippen LogP contribution in [-0.4, -0.2) is 36.5 Å². The molecule has 0 aliphatic carbocycles. The number of esters is 1. The predicted octanol–water partition coefficient (Wildman–Crippen LogP) is 3.58. The van der Waals surface area contributed by atoms with Gasteiger partial charge < -0.3 is 15.0 Å². The summed E-state index contributed by atoms with van der Waals surface area (Å²) in [6.07, 6.45) is 2.47. The van der Waals surface area contributed by atoms with Gasteiger partial charge in [0, 0.05) is 19.3 Å². The topological polar surface area (TPSA) is 82.4 Å². The summed E-state index contributed by atoms with van der Waals surface area (Å²) in [6.45, 7) is 6.82. The minimum atomic E-state index is -0.354. The summed E-state index contributed by atoms with van der Waals surface area (Å²) < 4.78 is 5.04. The average molecular weight is 390 g/mol. The summed E-state index contributed by atoms with van der Waals surface area (Å²) in [6, 6.07) is 5.73. The highest BCUT2D eigenvalue weighted by molar-refractivity contribution is 6.33. The zero-order valence-corrected chi connectivity index (χ0v) is 16.6. The van der Waals surface area contributed by atoms with Crippen LogP contribution in [0.15, 0.2) is 23.9 Å². The molecule has 2 rings (SSSR count). The molecule has 27 heavy (non-hydrogen) atoms. The zero-order valence-electron chi connectivity index (χ0n) is 15.8. The number of nitrogens with one attached hydrogen (secondary N) is 1. The summed E-state index contributed by atoms with van der Waals surface area (Å²) in [5.41, 5.74) is 2.63. The molecule has 1 aliphatic heterocycles. The van der Waals surface area contributed by atoms with E-state index in [9.17, 15) is 14.9 Å². The Bertz CT molecular complexity index is 767. The fourth-order valence-electron chi connectivity index (χ4n) is 3.13. The van der Waals surface area contributed by atoms with Crippen LogP contribution in [0.3, 0.4) is 0 Å². The van der Waals surface area contributed by atoms with Crippen LogP contribution in [-0.2, 0) is 14.3 Å².